The summed E-state index contributed by atoms with van der Waals surface area (Å²) in [4.78, 5) is 42.5. The minimum Gasteiger partial charge on any atom is -0.396 e. The number of nitrogens with zero attached hydrogens (tertiary/aromatic N) is 6. The number of imide groups is 1. The largest absolute Gasteiger partial charge is 0.396 e. The normalized spacial score (nSPS) is 24.1. The van der Waals surface area contributed by atoms with Gasteiger partial charge in [0.25, 0.3) is 6.43 Å². The van der Waals surface area contributed by atoms with E-state index in [0.717, 1.165) is 81.3 Å². The van der Waals surface area contributed by atoms with Gasteiger partial charge in [0, 0.05) is 38.8 Å². The maximum absolute atomic E-state index is 13.3. The summed E-state index contributed by atoms with van der Waals surface area (Å²) in [5.74, 6) is -0.151. The standard InChI is InChI=1S/C31H42F2N8O3/c1-37(16-19-6-8-22(9-7-19)40-18-23(34)27(36-40)29(32)33)21-12-14-39(15-13-21)17-20-4-3-5-24-28(20)38(2)31(44)41(24)25-10-11-26(42)35-30(25)43/h3-5,18-19,21-22,25,29H,6-17,34H2,1-2H3,(H,35,42,43). The lowest BCUT2D eigenvalue weighted by Gasteiger charge is -2.39. The van der Waals surface area contributed by atoms with Crippen molar-refractivity contribution in [2.45, 2.75) is 82.5 Å². The number of imidazole rings is 1. The molecule has 238 valence electrons. The first kappa shape index (κ1) is 30.4. The molecule has 13 heteroatoms. The number of amides is 2. The van der Waals surface area contributed by atoms with E-state index in [1.165, 1.54) is 0 Å². The van der Waals surface area contributed by atoms with Crippen molar-refractivity contribution in [2.75, 3.05) is 32.4 Å². The molecule has 1 saturated carbocycles. The third-order valence-electron chi connectivity index (χ3n) is 10.0. The average Bonchev–Trinajstić information content (AvgIpc) is 3.51. The molecule has 6 rings (SSSR count). The van der Waals surface area contributed by atoms with E-state index < -0.39 is 18.4 Å². The Bertz CT molecular complexity index is 1580. The Balaban J connectivity index is 1.03. The molecular weight excluding hydrogens is 570 g/mol. The van der Waals surface area contributed by atoms with Gasteiger partial charge in [-0.05, 0) is 82.6 Å². The maximum atomic E-state index is 13.3. The molecular formula is C31H42F2N8O3. The first-order chi connectivity index (χ1) is 21.1. The van der Waals surface area contributed by atoms with Crippen LogP contribution in [0, 0.1) is 5.92 Å². The lowest BCUT2D eigenvalue weighted by molar-refractivity contribution is -0.135. The molecule has 2 saturated heterocycles. The number of nitrogens with two attached hydrogens (primary N) is 1. The monoisotopic (exact) mass is 612 g/mol. The number of rotatable bonds is 8. The number of anilines is 1. The van der Waals surface area contributed by atoms with Gasteiger partial charge in [0.1, 0.15) is 6.04 Å². The van der Waals surface area contributed by atoms with Crippen LogP contribution in [0.2, 0.25) is 0 Å². The highest BCUT2D eigenvalue weighted by molar-refractivity contribution is 6.00. The predicted octanol–water partition coefficient (Wildman–Crippen LogP) is 3.36. The Hall–Kier alpha value is -3.58. The molecule has 1 unspecified atom stereocenters. The van der Waals surface area contributed by atoms with Crippen molar-refractivity contribution in [2.24, 2.45) is 13.0 Å². The Labute approximate surface area is 254 Å². The average molecular weight is 613 g/mol. The number of benzene rings is 1. The molecule has 44 heavy (non-hydrogen) atoms. The fourth-order valence-corrected chi connectivity index (χ4v) is 7.56. The summed E-state index contributed by atoms with van der Waals surface area (Å²) in [7, 11) is 3.96. The molecule has 3 aromatic rings. The highest BCUT2D eigenvalue weighted by atomic mass is 19.3. The number of fused-ring (bicyclic) bond motifs is 1. The van der Waals surface area contributed by atoms with Gasteiger partial charge >= 0.3 is 5.69 Å². The Morgan fingerprint density at radius 3 is 2.45 bits per heavy atom. The van der Waals surface area contributed by atoms with Gasteiger partial charge in [0.2, 0.25) is 11.8 Å². The minimum absolute atomic E-state index is 0.0690. The van der Waals surface area contributed by atoms with Gasteiger partial charge in [-0.1, -0.05) is 12.1 Å². The molecule has 3 aliphatic rings. The van der Waals surface area contributed by atoms with Crippen molar-refractivity contribution in [3.05, 3.63) is 46.1 Å². The van der Waals surface area contributed by atoms with E-state index in [9.17, 15) is 23.2 Å². The zero-order chi connectivity index (χ0) is 31.1. The predicted molar refractivity (Wildman–Crippen MR) is 162 cm³/mol. The number of carbonyl (C=O) groups is 2. The minimum atomic E-state index is -2.65. The smallest absolute Gasteiger partial charge is 0.329 e. The van der Waals surface area contributed by atoms with E-state index in [2.05, 4.69) is 33.3 Å². The van der Waals surface area contributed by atoms with Crippen LogP contribution in [0.25, 0.3) is 11.0 Å². The molecule has 11 nitrogen and oxygen atoms in total. The van der Waals surface area contributed by atoms with Gasteiger partial charge in [0.05, 0.1) is 22.8 Å². The molecule has 0 radical (unpaired) electrons. The number of hydrogen-bond acceptors (Lipinski definition) is 7. The molecule has 2 aromatic heterocycles. The summed E-state index contributed by atoms with van der Waals surface area (Å²) in [6.45, 7) is 3.64. The van der Waals surface area contributed by atoms with Crippen molar-refractivity contribution in [3.8, 4) is 0 Å². The second-order valence-electron chi connectivity index (χ2n) is 12.8. The van der Waals surface area contributed by atoms with Crippen LogP contribution in [0.5, 0.6) is 0 Å². The van der Waals surface area contributed by atoms with Crippen LogP contribution in [0.1, 0.15) is 81.1 Å². The van der Waals surface area contributed by atoms with E-state index in [-0.39, 0.29) is 35.4 Å². The molecule has 1 atom stereocenters. The van der Waals surface area contributed by atoms with Gasteiger partial charge in [-0.3, -0.25) is 33.6 Å². The second-order valence-corrected chi connectivity index (χ2v) is 12.8. The maximum Gasteiger partial charge on any atom is 0.329 e. The van der Waals surface area contributed by atoms with Gasteiger partial charge < -0.3 is 10.6 Å². The Kier molecular flexibility index (Phi) is 8.60. The molecule has 3 N–H and O–H groups in total. The van der Waals surface area contributed by atoms with Crippen LogP contribution in [0.4, 0.5) is 14.5 Å². The number of hydrogen-bond donors (Lipinski definition) is 2. The highest BCUT2D eigenvalue weighted by Crippen LogP contribution is 2.35. The van der Waals surface area contributed by atoms with Crippen LogP contribution in [0.15, 0.2) is 29.2 Å². The van der Waals surface area contributed by atoms with Crippen LogP contribution in [-0.4, -0.2) is 73.3 Å². The molecule has 3 fully saturated rings. The molecule has 0 spiro atoms. The molecule has 4 heterocycles. The first-order valence-electron chi connectivity index (χ1n) is 15.7. The number of aryl methyl sites for hydroxylation is 1. The number of para-hydroxylation sites is 1. The van der Waals surface area contributed by atoms with E-state index in [1.807, 2.05) is 12.1 Å². The number of aromatic nitrogens is 4. The molecule has 1 aliphatic carbocycles. The summed E-state index contributed by atoms with van der Waals surface area (Å²) < 4.78 is 31.0. The van der Waals surface area contributed by atoms with E-state index in [4.69, 9.17) is 5.73 Å². The van der Waals surface area contributed by atoms with Crippen LogP contribution in [0.3, 0.4) is 0 Å². The van der Waals surface area contributed by atoms with Crippen molar-refractivity contribution in [1.29, 1.82) is 0 Å². The SMILES string of the molecule is CN(CC1CCC(n2cc(N)c(C(F)F)n2)CC1)C1CCN(Cc2cccc3c2n(C)c(=O)n3C2CCC(=O)NC2=O)CC1. The quantitative estimate of drug-likeness (QED) is 0.374. The summed E-state index contributed by atoms with van der Waals surface area (Å²) in [6.07, 6.45) is 5.47. The zero-order valence-corrected chi connectivity index (χ0v) is 25.4. The fraction of sp³-hybridized carbons (Fsp3) is 0.613. The molecule has 1 aromatic carbocycles. The van der Waals surface area contributed by atoms with E-state index >= 15 is 0 Å². The number of nitrogen functional groups attached to an aromatic ring is 1. The lowest BCUT2D eigenvalue weighted by Crippen LogP contribution is -2.44. The van der Waals surface area contributed by atoms with Crippen molar-refractivity contribution in [3.63, 3.8) is 0 Å². The van der Waals surface area contributed by atoms with Gasteiger partial charge in [-0.25, -0.2) is 13.6 Å². The van der Waals surface area contributed by atoms with Crippen LogP contribution in [-0.2, 0) is 23.2 Å². The highest BCUT2D eigenvalue weighted by Gasteiger charge is 2.32. The summed E-state index contributed by atoms with van der Waals surface area (Å²) in [5, 5.41) is 6.44. The number of nitrogens with one attached hydrogen (secondary N) is 1. The van der Waals surface area contributed by atoms with E-state index in [1.54, 1.807) is 27.1 Å². The summed E-state index contributed by atoms with van der Waals surface area (Å²) in [5.41, 5.74) is 7.86. The third kappa shape index (κ3) is 5.91. The second kappa shape index (κ2) is 12.4. The van der Waals surface area contributed by atoms with Crippen molar-refractivity contribution >= 4 is 28.5 Å². The summed E-state index contributed by atoms with van der Waals surface area (Å²) in [6, 6.07) is 5.80. The molecule has 2 aliphatic heterocycles. The molecule has 2 amide bonds. The van der Waals surface area contributed by atoms with Crippen molar-refractivity contribution < 1.29 is 18.4 Å². The fourth-order valence-electron chi connectivity index (χ4n) is 7.56. The third-order valence-corrected chi connectivity index (χ3v) is 10.0. The lowest BCUT2D eigenvalue weighted by atomic mass is 9.85. The molecule has 0 bridgehead atoms. The summed E-state index contributed by atoms with van der Waals surface area (Å²) >= 11 is 0. The van der Waals surface area contributed by atoms with Crippen molar-refractivity contribution in [1.82, 2.24) is 34.0 Å². The zero-order valence-electron chi connectivity index (χ0n) is 25.4. The number of piperidine rings is 2. The van der Waals surface area contributed by atoms with Crippen LogP contribution < -0.4 is 16.7 Å². The number of likely N-dealkylation sites (tertiary alicyclic amines) is 1. The van der Waals surface area contributed by atoms with E-state index in [0.29, 0.717) is 18.4 Å². The van der Waals surface area contributed by atoms with Gasteiger partial charge in [0.15, 0.2) is 5.69 Å². The number of alkyl halides is 2. The number of halogens is 2. The number of carbonyl (C=O) groups excluding carboxylic acids is 2. The topological polar surface area (TPSA) is 123 Å². The first-order valence-corrected chi connectivity index (χ1v) is 15.7. The van der Waals surface area contributed by atoms with Gasteiger partial charge in [-0.15, -0.1) is 0 Å². The Morgan fingerprint density at radius 1 is 1.07 bits per heavy atom. The Morgan fingerprint density at radius 2 is 1.80 bits per heavy atom. The van der Waals surface area contributed by atoms with Crippen LogP contribution >= 0.6 is 0 Å². The van der Waals surface area contributed by atoms with Gasteiger partial charge in [-0.2, -0.15) is 5.10 Å².